The molecule has 1 aromatic carbocycles. The van der Waals surface area contributed by atoms with Crippen LogP contribution in [-0.4, -0.2) is 23.5 Å². The number of thiophene rings is 1. The Labute approximate surface area is 205 Å². The highest BCUT2D eigenvalue weighted by Crippen LogP contribution is 2.44. The molecule has 8 heteroatoms. The van der Waals surface area contributed by atoms with Gasteiger partial charge in [-0.3, -0.25) is 14.9 Å². The van der Waals surface area contributed by atoms with Crippen LogP contribution in [0.1, 0.15) is 72.2 Å². The van der Waals surface area contributed by atoms with Crippen molar-refractivity contribution in [2.75, 3.05) is 11.9 Å². The van der Waals surface area contributed by atoms with Gasteiger partial charge < -0.3 is 15.8 Å². The summed E-state index contributed by atoms with van der Waals surface area (Å²) >= 11 is 6.87. The maximum absolute atomic E-state index is 12.6. The quantitative estimate of drug-likeness (QED) is 0.490. The third-order valence-corrected chi connectivity index (χ3v) is 7.26. The van der Waals surface area contributed by atoms with Gasteiger partial charge in [-0.15, -0.1) is 11.3 Å². The number of nitrogens with two attached hydrogens (primary N) is 1. The fraction of sp³-hybridized carbons (Fsp3) is 0.480. The molecule has 0 aliphatic heterocycles. The van der Waals surface area contributed by atoms with Crippen molar-refractivity contribution in [3.63, 3.8) is 0 Å². The second-order valence-electron chi connectivity index (χ2n) is 10.0. The van der Waals surface area contributed by atoms with Crippen molar-refractivity contribution in [3.05, 3.63) is 45.8 Å². The van der Waals surface area contributed by atoms with E-state index in [1.807, 2.05) is 0 Å². The lowest BCUT2D eigenvalue weighted by molar-refractivity contribution is 0.0975. The molecule has 0 spiro atoms. The number of rotatable bonds is 6. The normalized spacial score (nSPS) is 15.6. The van der Waals surface area contributed by atoms with Crippen LogP contribution in [0.5, 0.6) is 5.75 Å². The summed E-state index contributed by atoms with van der Waals surface area (Å²) < 4.78 is 5.65. The van der Waals surface area contributed by atoms with Gasteiger partial charge in [-0.25, -0.2) is 0 Å². The van der Waals surface area contributed by atoms with E-state index >= 15 is 0 Å². The predicted molar refractivity (Wildman–Crippen MR) is 138 cm³/mol. The number of primary amides is 1. The van der Waals surface area contributed by atoms with Gasteiger partial charge in [-0.1, -0.05) is 34.6 Å². The molecular formula is C25H33N3O3S2. The van der Waals surface area contributed by atoms with Gasteiger partial charge in [-0.2, -0.15) is 0 Å². The predicted octanol–water partition coefficient (Wildman–Crippen LogP) is 5.16. The minimum atomic E-state index is -0.477. The van der Waals surface area contributed by atoms with E-state index in [2.05, 4.69) is 45.3 Å². The topological polar surface area (TPSA) is 93.4 Å². The number of thiocarbonyl (C=S) groups is 1. The molecule has 0 fully saturated rings. The molecule has 1 atom stereocenters. The van der Waals surface area contributed by atoms with E-state index in [-0.39, 0.29) is 16.4 Å². The molecule has 3 rings (SSSR count). The summed E-state index contributed by atoms with van der Waals surface area (Å²) in [5.74, 6) is 0.859. The van der Waals surface area contributed by atoms with Gasteiger partial charge in [0, 0.05) is 10.4 Å². The highest BCUT2D eigenvalue weighted by molar-refractivity contribution is 7.80. The van der Waals surface area contributed by atoms with Gasteiger partial charge in [-0.05, 0) is 78.6 Å². The summed E-state index contributed by atoms with van der Waals surface area (Å²) in [7, 11) is 0. The van der Waals surface area contributed by atoms with Crippen LogP contribution in [0.2, 0.25) is 0 Å². The second-order valence-corrected chi connectivity index (χ2v) is 11.5. The number of benzene rings is 1. The zero-order valence-corrected chi connectivity index (χ0v) is 21.5. The minimum absolute atomic E-state index is 0.133. The van der Waals surface area contributed by atoms with Crippen molar-refractivity contribution < 1.29 is 14.3 Å². The fourth-order valence-corrected chi connectivity index (χ4v) is 5.55. The van der Waals surface area contributed by atoms with Crippen molar-refractivity contribution in [1.82, 2.24) is 5.32 Å². The summed E-state index contributed by atoms with van der Waals surface area (Å²) in [6.45, 7) is 11.5. The molecule has 2 amide bonds. The molecule has 178 valence electrons. The highest BCUT2D eigenvalue weighted by atomic mass is 32.1. The Morgan fingerprint density at radius 2 is 1.91 bits per heavy atom. The average Bonchev–Trinajstić information content (AvgIpc) is 3.08. The summed E-state index contributed by atoms with van der Waals surface area (Å²) in [6, 6.07) is 6.91. The standard InChI is InChI=1S/C25H33N3O3S2/c1-14(2)13-31-17-9-6-15(7-10-17)22(30)27-24(32)28-23-20(21(26)29)18-11-8-16(25(3,4)5)12-19(18)33-23/h6-7,9-10,14,16H,8,11-13H2,1-5H3,(H2,26,29)(H2,27,28,30,32)/t16-/m1/s1. The summed E-state index contributed by atoms with van der Waals surface area (Å²) in [5.41, 5.74) is 7.88. The van der Waals surface area contributed by atoms with Gasteiger partial charge in [0.15, 0.2) is 5.11 Å². The van der Waals surface area contributed by atoms with Crippen molar-refractivity contribution in [1.29, 1.82) is 0 Å². The molecule has 0 bridgehead atoms. The SMILES string of the molecule is CC(C)COc1ccc(C(=O)NC(=S)Nc2sc3c(c2C(N)=O)CC[C@@H](C(C)(C)C)C3)cc1. The molecular weight excluding hydrogens is 454 g/mol. The lowest BCUT2D eigenvalue weighted by Crippen LogP contribution is -2.34. The van der Waals surface area contributed by atoms with Gasteiger partial charge in [0.1, 0.15) is 10.8 Å². The number of carbonyl (C=O) groups is 2. The minimum Gasteiger partial charge on any atom is -0.493 e. The molecule has 33 heavy (non-hydrogen) atoms. The molecule has 2 aromatic rings. The smallest absolute Gasteiger partial charge is 0.257 e. The van der Waals surface area contributed by atoms with Gasteiger partial charge in [0.2, 0.25) is 0 Å². The zero-order valence-electron chi connectivity index (χ0n) is 19.9. The number of hydrogen-bond donors (Lipinski definition) is 3. The molecule has 6 nitrogen and oxygen atoms in total. The highest BCUT2D eigenvalue weighted by Gasteiger charge is 2.33. The number of nitrogens with one attached hydrogen (secondary N) is 2. The molecule has 4 N–H and O–H groups in total. The third kappa shape index (κ3) is 6.32. The maximum Gasteiger partial charge on any atom is 0.257 e. The van der Waals surface area contributed by atoms with E-state index in [0.717, 1.165) is 24.8 Å². The van der Waals surface area contributed by atoms with Crippen molar-refractivity contribution >= 4 is 45.5 Å². The van der Waals surface area contributed by atoms with Crippen LogP contribution >= 0.6 is 23.6 Å². The Morgan fingerprint density at radius 1 is 1.24 bits per heavy atom. The molecule has 1 aromatic heterocycles. The van der Waals surface area contributed by atoms with Crippen LogP contribution in [0.4, 0.5) is 5.00 Å². The summed E-state index contributed by atoms with van der Waals surface area (Å²) in [5, 5.41) is 6.46. The van der Waals surface area contributed by atoms with E-state index in [9.17, 15) is 9.59 Å². The average molecular weight is 488 g/mol. The first-order chi connectivity index (χ1) is 15.5. The number of anilines is 1. The lowest BCUT2D eigenvalue weighted by Gasteiger charge is -2.33. The zero-order chi connectivity index (χ0) is 24.3. The van der Waals surface area contributed by atoms with Crippen molar-refractivity contribution in [3.8, 4) is 5.75 Å². The molecule has 1 aliphatic carbocycles. The van der Waals surface area contributed by atoms with E-state index in [1.165, 1.54) is 16.2 Å². The van der Waals surface area contributed by atoms with Crippen LogP contribution in [0.3, 0.4) is 0 Å². The number of carbonyl (C=O) groups excluding carboxylic acids is 2. The maximum atomic E-state index is 12.6. The Balaban J connectivity index is 1.68. The van der Waals surface area contributed by atoms with Crippen LogP contribution in [0.15, 0.2) is 24.3 Å². The molecule has 1 aliphatic rings. The van der Waals surface area contributed by atoms with E-state index in [4.69, 9.17) is 22.7 Å². The van der Waals surface area contributed by atoms with Gasteiger partial charge in [0.05, 0.1) is 12.2 Å². The van der Waals surface area contributed by atoms with E-state index in [0.29, 0.717) is 40.3 Å². The molecule has 0 saturated heterocycles. The van der Waals surface area contributed by atoms with Crippen molar-refractivity contribution in [2.45, 2.75) is 53.9 Å². The number of amides is 2. The molecule has 0 unspecified atom stereocenters. The number of hydrogen-bond acceptors (Lipinski definition) is 5. The van der Waals surface area contributed by atoms with Crippen LogP contribution < -0.4 is 21.1 Å². The van der Waals surface area contributed by atoms with Crippen LogP contribution in [0, 0.1) is 17.3 Å². The summed E-state index contributed by atoms with van der Waals surface area (Å²) in [4.78, 5) is 26.0. The van der Waals surface area contributed by atoms with Gasteiger partial charge in [0.25, 0.3) is 11.8 Å². The Hall–Kier alpha value is -2.45. The first-order valence-electron chi connectivity index (χ1n) is 11.2. The third-order valence-electron chi connectivity index (χ3n) is 5.89. The van der Waals surface area contributed by atoms with E-state index in [1.54, 1.807) is 24.3 Å². The first-order valence-corrected chi connectivity index (χ1v) is 12.5. The first kappa shape index (κ1) is 25.2. The van der Waals surface area contributed by atoms with Crippen LogP contribution in [-0.2, 0) is 12.8 Å². The Bertz CT molecular complexity index is 1040. The van der Waals surface area contributed by atoms with Crippen molar-refractivity contribution in [2.24, 2.45) is 23.0 Å². The molecule has 0 radical (unpaired) electrons. The molecule has 1 heterocycles. The van der Waals surface area contributed by atoms with Crippen LogP contribution in [0.25, 0.3) is 0 Å². The number of ether oxygens (including phenoxy) is 1. The second kappa shape index (κ2) is 10.2. The fourth-order valence-electron chi connectivity index (χ4n) is 3.95. The van der Waals surface area contributed by atoms with E-state index < -0.39 is 5.91 Å². The summed E-state index contributed by atoms with van der Waals surface area (Å²) in [6.07, 6.45) is 2.75. The Kier molecular flexibility index (Phi) is 7.80. The Morgan fingerprint density at radius 3 is 2.48 bits per heavy atom. The van der Waals surface area contributed by atoms with Gasteiger partial charge >= 0.3 is 0 Å². The lowest BCUT2D eigenvalue weighted by atomic mass is 9.72. The molecule has 0 saturated carbocycles. The number of fused-ring (bicyclic) bond motifs is 1. The largest absolute Gasteiger partial charge is 0.493 e. The monoisotopic (exact) mass is 487 g/mol.